The molecule has 150 valence electrons. The Balaban J connectivity index is 1.33. The lowest BCUT2D eigenvalue weighted by atomic mass is 9.98. The van der Waals surface area contributed by atoms with Gasteiger partial charge in [0.25, 0.3) is 0 Å². The number of hydrogen-bond donors (Lipinski definition) is 1. The summed E-state index contributed by atoms with van der Waals surface area (Å²) in [6.45, 7) is 5.16. The SMILES string of the molecule is C=CCCC(=O)N1CC[C@@H](NC(=O)OCC2c3ccccc3-c3ccccc32)C1. The highest BCUT2D eigenvalue weighted by Crippen LogP contribution is 2.44. The number of amides is 2. The predicted octanol–water partition coefficient (Wildman–Crippen LogP) is 4.09. The number of ether oxygens (including phenoxy) is 1. The second kappa shape index (κ2) is 8.52. The van der Waals surface area contributed by atoms with Gasteiger partial charge in [-0.05, 0) is 35.1 Å². The molecule has 0 aromatic heterocycles. The van der Waals surface area contributed by atoms with Crippen LogP contribution in [0.1, 0.15) is 36.3 Å². The maximum Gasteiger partial charge on any atom is 0.407 e. The first kappa shape index (κ1) is 19.2. The van der Waals surface area contributed by atoms with E-state index in [1.54, 1.807) is 11.0 Å². The Hall–Kier alpha value is -3.08. The fourth-order valence-electron chi connectivity index (χ4n) is 4.30. The van der Waals surface area contributed by atoms with Gasteiger partial charge in [-0.3, -0.25) is 4.79 Å². The van der Waals surface area contributed by atoms with E-state index in [-0.39, 0.29) is 17.9 Å². The maximum absolute atomic E-state index is 12.4. The molecule has 1 fully saturated rings. The Morgan fingerprint density at radius 2 is 1.76 bits per heavy atom. The Kier molecular flexibility index (Phi) is 5.65. The number of nitrogens with one attached hydrogen (secondary N) is 1. The van der Waals surface area contributed by atoms with E-state index in [0.717, 1.165) is 6.42 Å². The van der Waals surface area contributed by atoms with Gasteiger partial charge >= 0.3 is 6.09 Å². The molecule has 1 atom stereocenters. The number of carbonyl (C=O) groups is 2. The molecule has 1 N–H and O–H groups in total. The molecule has 2 aromatic rings. The van der Waals surface area contributed by atoms with Crippen molar-refractivity contribution in [3.8, 4) is 11.1 Å². The number of alkyl carbamates (subject to hydrolysis) is 1. The van der Waals surface area contributed by atoms with Crippen molar-refractivity contribution in [3.63, 3.8) is 0 Å². The van der Waals surface area contributed by atoms with Crippen LogP contribution in [0.3, 0.4) is 0 Å². The topological polar surface area (TPSA) is 58.6 Å². The summed E-state index contributed by atoms with van der Waals surface area (Å²) >= 11 is 0. The van der Waals surface area contributed by atoms with Gasteiger partial charge in [0.1, 0.15) is 6.61 Å². The third-order valence-electron chi connectivity index (χ3n) is 5.77. The van der Waals surface area contributed by atoms with Gasteiger partial charge in [0.05, 0.1) is 6.04 Å². The number of hydrogen-bond acceptors (Lipinski definition) is 3. The maximum atomic E-state index is 12.4. The molecule has 0 unspecified atom stereocenters. The van der Waals surface area contributed by atoms with Crippen LogP contribution in [0.25, 0.3) is 11.1 Å². The van der Waals surface area contributed by atoms with Gasteiger partial charge in [0.15, 0.2) is 0 Å². The van der Waals surface area contributed by atoms with Gasteiger partial charge in [-0.25, -0.2) is 4.79 Å². The number of fused-ring (bicyclic) bond motifs is 3. The summed E-state index contributed by atoms with van der Waals surface area (Å²) < 4.78 is 5.60. The van der Waals surface area contributed by atoms with E-state index in [0.29, 0.717) is 32.5 Å². The fraction of sp³-hybridized carbons (Fsp3) is 0.333. The van der Waals surface area contributed by atoms with Crippen LogP contribution >= 0.6 is 0 Å². The molecular weight excluding hydrogens is 364 g/mol. The second-order valence-corrected chi connectivity index (χ2v) is 7.62. The second-order valence-electron chi connectivity index (χ2n) is 7.62. The van der Waals surface area contributed by atoms with Crippen LogP contribution in [0.4, 0.5) is 4.79 Å². The summed E-state index contributed by atoms with van der Waals surface area (Å²) in [4.78, 5) is 26.3. The zero-order chi connectivity index (χ0) is 20.2. The molecule has 5 nitrogen and oxygen atoms in total. The molecule has 0 radical (unpaired) electrons. The lowest BCUT2D eigenvalue weighted by Gasteiger charge is -2.18. The third kappa shape index (κ3) is 4.04. The minimum absolute atomic E-state index is 0.0497. The van der Waals surface area contributed by atoms with E-state index in [2.05, 4.69) is 36.2 Å². The van der Waals surface area contributed by atoms with Crippen LogP contribution in [-0.4, -0.2) is 42.6 Å². The lowest BCUT2D eigenvalue weighted by Crippen LogP contribution is -2.39. The molecule has 0 saturated carbocycles. The van der Waals surface area contributed by atoms with E-state index in [1.165, 1.54) is 22.3 Å². The zero-order valence-electron chi connectivity index (χ0n) is 16.5. The first-order valence-corrected chi connectivity index (χ1v) is 10.2. The minimum atomic E-state index is -0.419. The normalized spacial score (nSPS) is 17.5. The van der Waals surface area contributed by atoms with Crippen LogP contribution in [0.5, 0.6) is 0 Å². The summed E-state index contributed by atoms with van der Waals surface area (Å²) in [5.41, 5.74) is 4.81. The van der Waals surface area contributed by atoms with Crippen LogP contribution < -0.4 is 5.32 Å². The molecule has 1 aliphatic heterocycles. The number of rotatable bonds is 6. The zero-order valence-corrected chi connectivity index (χ0v) is 16.5. The molecule has 1 aliphatic carbocycles. The average molecular weight is 390 g/mol. The van der Waals surface area contributed by atoms with Crippen LogP contribution in [0.15, 0.2) is 61.2 Å². The first-order valence-electron chi connectivity index (χ1n) is 10.2. The van der Waals surface area contributed by atoms with Crippen molar-refractivity contribution < 1.29 is 14.3 Å². The van der Waals surface area contributed by atoms with Crippen molar-refractivity contribution in [3.05, 3.63) is 72.3 Å². The van der Waals surface area contributed by atoms with Crippen LogP contribution in [-0.2, 0) is 9.53 Å². The Morgan fingerprint density at radius 1 is 1.10 bits per heavy atom. The predicted molar refractivity (Wildman–Crippen MR) is 113 cm³/mol. The molecule has 5 heteroatoms. The van der Waals surface area contributed by atoms with Crippen LogP contribution in [0.2, 0.25) is 0 Å². The molecule has 0 spiro atoms. The molecule has 1 saturated heterocycles. The van der Waals surface area contributed by atoms with E-state index < -0.39 is 6.09 Å². The quantitative estimate of drug-likeness (QED) is 0.756. The largest absolute Gasteiger partial charge is 0.449 e. The molecule has 2 aromatic carbocycles. The molecule has 2 amide bonds. The highest BCUT2D eigenvalue weighted by Gasteiger charge is 2.30. The molecule has 2 aliphatic rings. The summed E-state index contributed by atoms with van der Waals surface area (Å²) in [5.74, 6) is 0.162. The van der Waals surface area contributed by atoms with Gasteiger partial charge in [0.2, 0.25) is 5.91 Å². The van der Waals surface area contributed by atoms with E-state index >= 15 is 0 Å². The summed E-state index contributed by atoms with van der Waals surface area (Å²) in [6.07, 6.45) is 3.24. The molecule has 0 bridgehead atoms. The summed E-state index contributed by atoms with van der Waals surface area (Å²) in [7, 11) is 0. The van der Waals surface area contributed by atoms with E-state index in [1.807, 2.05) is 24.3 Å². The van der Waals surface area contributed by atoms with E-state index in [9.17, 15) is 9.59 Å². The van der Waals surface area contributed by atoms with Gasteiger partial charge in [-0.15, -0.1) is 6.58 Å². The monoisotopic (exact) mass is 390 g/mol. The van der Waals surface area contributed by atoms with E-state index in [4.69, 9.17) is 4.74 Å². The number of nitrogens with zero attached hydrogens (tertiary/aromatic N) is 1. The summed E-state index contributed by atoms with van der Waals surface area (Å²) in [6, 6.07) is 16.5. The highest BCUT2D eigenvalue weighted by molar-refractivity contribution is 5.79. The van der Waals surface area contributed by atoms with Gasteiger partial charge in [0, 0.05) is 25.4 Å². The summed E-state index contributed by atoms with van der Waals surface area (Å²) in [5, 5.41) is 2.92. The number of benzene rings is 2. The number of likely N-dealkylation sites (tertiary alicyclic amines) is 1. The minimum Gasteiger partial charge on any atom is -0.449 e. The van der Waals surface area contributed by atoms with Crippen molar-refractivity contribution in [2.75, 3.05) is 19.7 Å². The fourth-order valence-corrected chi connectivity index (χ4v) is 4.30. The standard InChI is InChI=1S/C24H26N2O3/c1-2-3-12-23(27)26-14-13-17(15-26)25-24(28)29-16-22-20-10-6-4-8-18(20)19-9-5-7-11-21(19)22/h2,4-11,17,22H,1,3,12-16H2,(H,25,28)/t17-/m1/s1. The van der Waals surface area contributed by atoms with Crippen LogP contribution in [0, 0.1) is 0 Å². The van der Waals surface area contributed by atoms with Crippen molar-refractivity contribution in [1.29, 1.82) is 0 Å². The molecule has 4 rings (SSSR count). The smallest absolute Gasteiger partial charge is 0.407 e. The number of allylic oxidation sites excluding steroid dienone is 1. The van der Waals surface area contributed by atoms with Gasteiger partial charge < -0.3 is 15.0 Å². The van der Waals surface area contributed by atoms with Crippen molar-refractivity contribution in [2.24, 2.45) is 0 Å². The number of carbonyl (C=O) groups excluding carboxylic acids is 2. The first-order chi connectivity index (χ1) is 14.2. The Bertz CT molecular complexity index is 878. The average Bonchev–Trinajstić information content (AvgIpc) is 3.33. The Morgan fingerprint density at radius 3 is 2.41 bits per heavy atom. The van der Waals surface area contributed by atoms with Crippen molar-refractivity contribution >= 4 is 12.0 Å². The third-order valence-corrected chi connectivity index (χ3v) is 5.77. The lowest BCUT2D eigenvalue weighted by molar-refractivity contribution is -0.130. The Labute approximate surface area is 171 Å². The van der Waals surface area contributed by atoms with Gasteiger partial charge in [-0.1, -0.05) is 54.6 Å². The molecular formula is C24H26N2O3. The van der Waals surface area contributed by atoms with Crippen molar-refractivity contribution in [1.82, 2.24) is 10.2 Å². The van der Waals surface area contributed by atoms with Crippen molar-refractivity contribution in [2.45, 2.75) is 31.2 Å². The highest BCUT2D eigenvalue weighted by atomic mass is 16.5. The molecule has 1 heterocycles. The molecule has 29 heavy (non-hydrogen) atoms. The van der Waals surface area contributed by atoms with Gasteiger partial charge in [-0.2, -0.15) is 0 Å².